The van der Waals surface area contributed by atoms with Crippen LogP contribution in [0.25, 0.3) is 5.70 Å². The lowest BCUT2D eigenvalue weighted by Gasteiger charge is -2.24. The molecule has 12 heteroatoms. The molecule has 0 aromatic heterocycles. The smallest absolute Gasteiger partial charge is 0.351 e. The molecule has 3 rings (SSSR count). The SMILES string of the molecule is CCOC(=O)C(=S)C1=C(N)c2cc(N)ccc2NN1.NC1C(=O)NNC1=O. The summed E-state index contributed by atoms with van der Waals surface area (Å²) in [5.74, 6) is -1.54. The van der Waals surface area contributed by atoms with Gasteiger partial charge in [0, 0.05) is 11.3 Å². The molecule has 144 valence electrons. The molecule has 1 aromatic carbocycles. The van der Waals surface area contributed by atoms with E-state index in [2.05, 4.69) is 21.7 Å². The third-order valence-corrected chi connectivity index (χ3v) is 3.86. The number of hydrogen-bond acceptors (Lipinski definition) is 10. The number of ether oxygens (including phenoxy) is 1. The van der Waals surface area contributed by atoms with E-state index in [0.717, 1.165) is 5.69 Å². The van der Waals surface area contributed by atoms with E-state index in [4.69, 9.17) is 34.2 Å². The van der Waals surface area contributed by atoms with Gasteiger partial charge < -0.3 is 27.4 Å². The van der Waals surface area contributed by atoms with Crippen LogP contribution in [0, 0.1) is 0 Å². The van der Waals surface area contributed by atoms with Crippen molar-refractivity contribution in [1.82, 2.24) is 16.3 Å². The van der Waals surface area contributed by atoms with Gasteiger partial charge in [-0.2, -0.15) is 0 Å². The number of anilines is 2. The molecule has 2 aliphatic rings. The number of nitrogens with one attached hydrogen (secondary N) is 4. The van der Waals surface area contributed by atoms with Gasteiger partial charge in [-0.15, -0.1) is 0 Å². The van der Waals surface area contributed by atoms with Crippen LogP contribution in [0.4, 0.5) is 11.4 Å². The number of benzene rings is 1. The lowest BCUT2D eigenvalue weighted by Crippen LogP contribution is -2.36. The molecular weight excluding hydrogens is 374 g/mol. The number of thiocarbonyl (C=S) groups is 1. The Balaban J connectivity index is 0.000000273. The molecule has 0 unspecified atom stereocenters. The Bertz CT molecular complexity index is 823. The maximum atomic E-state index is 11.6. The largest absolute Gasteiger partial charge is 0.462 e. The molecule has 2 amide bonds. The Hall–Kier alpha value is -3.38. The number of carbonyl (C=O) groups excluding carboxylic acids is 3. The van der Waals surface area contributed by atoms with Crippen molar-refractivity contribution < 1.29 is 19.1 Å². The summed E-state index contributed by atoms with van der Waals surface area (Å²) in [6.07, 6.45) is 0. The number of amides is 2. The summed E-state index contributed by atoms with van der Waals surface area (Å²) >= 11 is 5.05. The van der Waals surface area contributed by atoms with Crippen molar-refractivity contribution in [3.63, 3.8) is 0 Å². The highest BCUT2D eigenvalue weighted by atomic mass is 32.1. The second-order valence-electron chi connectivity index (χ2n) is 5.35. The molecule has 0 saturated carbocycles. The van der Waals surface area contributed by atoms with E-state index < -0.39 is 23.8 Å². The van der Waals surface area contributed by atoms with Crippen molar-refractivity contribution in [2.45, 2.75) is 13.0 Å². The summed E-state index contributed by atoms with van der Waals surface area (Å²) in [6, 6.07) is 4.23. The average Bonchev–Trinajstić information content (AvgIpc) is 2.94. The number of nitrogens with two attached hydrogens (primary N) is 3. The van der Waals surface area contributed by atoms with Gasteiger partial charge in [0.25, 0.3) is 11.8 Å². The fourth-order valence-electron chi connectivity index (χ4n) is 2.10. The molecule has 10 N–H and O–H groups in total. The summed E-state index contributed by atoms with van der Waals surface area (Å²) in [7, 11) is 0. The number of fused-ring (bicyclic) bond motifs is 1. The first kappa shape index (κ1) is 19.9. The van der Waals surface area contributed by atoms with Crippen LogP contribution in [0.15, 0.2) is 23.9 Å². The van der Waals surface area contributed by atoms with Crippen LogP contribution < -0.4 is 38.9 Å². The maximum Gasteiger partial charge on any atom is 0.351 e. The van der Waals surface area contributed by atoms with Crippen LogP contribution in [-0.2, 0) is 19.1 Å². The number of carbonyl (C=O) groups is 3. The minimum absolute atomic E-state index is 0.0000699. The summed E-state index contributed by atoms with van der Waals surface area (Å²) < 4.78 is 4.85. The first-order valence-corrected chi connectivity index (χ1v) is 8.15. The quantitative estimate of drug-likeness (QED) is 0.134. The number of rotatable bonds is 3. The number of esters is 1. The van der Waals surface area contributed by atoms with Gasteiger partial charge in [-0.1, -0.05) is 12.2 Å². The molecule has 1 aromatic rings. The van der Waals surface area contributed by atoms with Crippen molar-refractivity contribution >= 4 is 51.9 Å². The normalized spacial score (nSPS) is 15.3. The molecule has 0 atom stereocenters. The van der Waals surface area contributed by atoms with Gasteiger partial charge in [-0.05, 0) is 25.1 Å². The predicted molar refractivity (Wildman–Crippen MR) is 102 cm³/mol. The molecule has 1 saturated heterocycles. The Kier molecular flexibility index (Phi) is 6.15. The molecule has 27 heavy (non-hydrogen) atoms. The Labute approximate surface area is 159 Å². The summed E-state index contributed by atoms with van der Waals surface area (Å²) in [5, 5.41) is 0. The number of hydrogen-bond donors (Lipinski definition) is 7. The zero-order valence-electron chi connectivity index (χ0n) is 14.3. The molecule has 0 spiro atoms. The summed E-state index contributed by atoms with van der Waals surface area (Å²) in [4.78, 5) is 32.2. The van der Waals surface area contributed by atoms with Crippen LogP contribution in [0.2, 0.25) is 0 Å². The van der Waals surface area contributed by atoms with Crippen molar-refractivity contribution in [2.75, 3.05) is 17.8 Å². The van der Waals surface area contributed by atoms with Gasteiger partial charge in [0.2, 0.25) is 0 Å². The van der Waals surface area contributed by atoms with E-state index in [1.807, 2.05) is 0 Å². The van der Waals surface area contributed by atoms with Gasteiger partial charge in [-0.3, -0.25) is 25.9 Å². The van der Waals surface area contributed by atoms with E-state index in [1.54, 1.807) is 25.1 Å². The maximum absolute atomic E-state index is 11.6. The Morgan fingerprint density at radius 2 is 1.78 bits per heavy atom. The minimum Gasteiger partial charge on any atom is -0.462 e. The van der Waals surface area contributed by atoms with E-state index in [1.165, 1.54) is 0 Å². The fourth-order valence-corrected chi connectivity index (χ4v) is 2.32. The van der Waals surface area contributed by atoms with Crippen molar-refractivity contribution in [2.24, 2.45) is 11.5 Å². The molecule has 1 fully saturated rings. The van der Waals surface area contributed by atoms with E-state index in [9.17, 15) is 14.4 Å². The Morgan fingerprint density at radius 3 is 2.30 bits per heavy atom. The average molecular weight is 393 g/mol. The molecule has 2 aliphatic heterocycles. The molecule has 0 radical (unpaired) electrons. The van der Waals surface area contributed by atoms with Crippen molar-refractivity contribution in [3.8, 4) is 0 Å². The van der Waals surface area contributed by atoms with Gasteiger partial charge in [-0.25, -0.2) is 4.79 Å². The second kappa shape index (κ2) is 8.33. The molecule has 0 aliphatic carbocycles. The van der Waals surface area contributed by atoms with E-state index in [0.29, 0.717) is 22.6 Å². The minimum atomic E-state index is -1.02. The highest BCUT2D eigenvalue weighted by Gasteiger charge is 2.28. The van der Waals surface area contributed by atoms with Crippen LogP contribution in [0.3, 0.4) is 0 Å². The van der Waals surface area contributed by atoms with E-state index >= 15 is 0 Å². The second-order valence-corrected chi connectivity index (χ2v) is 5.76. The Morgan fingerprint density at radius 1 is 1.15 bits per heavy atom. The highest BCUT2D eigenvalue weighted by Crippen LogP contribution is 2.28. The lowest BCUT2D eigenvalue weighted by molar-refractivity contribution is -0.134. The standard InChI is InChI=1S/C12H14N4O2S.C3H5N3O2/c1-2-18-12(17)11(19)10-9(14)7-5-6(13)3-4-8(7)15-16-10;4-1-2(7)5-6-3(1)8/h3-5,15-16H,2,13-14H2,1H3;1H,4H2,(H,5,7)(H,6,8). The van der Waals surface area contributed by atoms with Crippen LogP contribution in [-0.4, -0.2) is 35.3 Å². The van der Waals surface area contributed by atoms with Gasteiger partial charge in [0.15, 0.2) is 6.04 Å². The monoisotopic (exact) mass is 393 g/mol. The summed E-state index contributed by atoms with van der Waals surface area (Å²) in [6.45, 7) is 1.96. The topological polar surface area (TPSA) is 187 Å². The number of hydrazine groups is 2. The molecule has 11 nitrogen and oxygen atoms in total. The van der Waals surface area contributed by atoms with Crippen molar-refractivity contribution in [3.05, 3.63) is 29.5 Å². The first-order chi connectivity index (χ1) is 12.8. The van der Waals surface area contributed by atoms with Gasteiger partial charge >= 0.3 is 5.97 Å². The van der Waals surface area contributed by atoms with Crippen LogP contribution in [0.5, 0.6) is 0 Å². The molecule has 0 bridgehead atoms. The van der Waals surface area contributed by atoms with Gasteiger partial charge in [0.05, 0.1) is 18.0 Å². The van der Waals surface area contributed by atoms with Crippen molar-refractivity contribution in [1.29, 1.82) is 0 Å². The first-order valence-electron chi connectivity index (χ1n) is 7.74. The predicted octanol–water partition coefficient (Wildman–Crippen LogP) is -1.77. The van der Waals surface area contributed by atoms with E-state index in [-0.39, 0.29) is 11.5 Å². The molecular formula is C15H19N7O4S. The van der Waals surface area contributed by atoms with Gasteiger partial charge in [0.1, 0.15) is 10.6 Å². The lowest BCUT2D eigenvalue weighted by atomic mass is 10.0. The number of nitrogen functional groups attached to an aromatic ring is 1. The third-order valence-electron chi connectivity index (χ3n) is 3.49. The highest BCUT2D eigenvalue weighted by molar-refractivity contribution is 7.82. The molecule has 2 heterocycles. The zero-order chi connectivity index (χ0) is 20.1. The fraction of sp³-hybridized carbons (Fsp3) is 0.200. The zero-order valence-corrected chi connectivity index (χ0v) is 15.1. The van der Waals surface area contributed by atoms with Crippen LogP contribution >= 0.6 is 12.2 Å². The summed E-state index contributed by atoms with van der Waals surface area (Å²) in [5.41, 5.74) is 29.3. The van der Waals surface area contributed by atoms with Crippen LogP contribution in [0.1, 0.15) is 12.5 Å². The third kappa shape index (κ3) is 4.43.